The summed E-state index contributed by atoms with van der Waals surface area (Å²) in [7, 11) is 1.51. The van der Waals surface area contributed by atoms with Gasteiger partial charge >= 0.3 is 5.97 Å². The van der Waals surface area contributed by atoms with Crippen molar-refractivity contribution >= 4 is 28.3 Å². The molecule has 1 heterocycles. The lowest BCUT2D eigenvalue weighted by Crippen LogP contribution is -2.38. The van der Waals surface area contributed by atoms with Crippen molar-refractivity contribution in [3.05, 3.63) is 30.1 Å². The lowest BCUT2D eigenvalue weighted by Gasteiger charge is -2.13. The first-order chi connectivity index (χ1) is 9.95. The van der Waals surface area contributed by atoms with E-state index in [2.05, 4.69) is 10.3 Å². The van der Waals surface area contributed by atoms with Crippen molar-refractivity contribution in [2.24, 2.45) is 0 Å². The molecular weight excluding hydrogens is 274 g/mol. The molecule has 0 spiro atoms. The lowest BCUT2D eigenvalue weighted by atomic mass is 10.1. The monoisotopic (exact) mass is 289 g/mol. The predicted octanol–water partition coefficient (Wildman–Crippen LogP) is 1.03. The van der Waals surface area contributed by atoms with E-state index in [0.717, 1.165) is 0 Å². The van der Waals surface area contributed by atoms with E-state index in [-0.39, 0.29) is 5.69 Å². The predicted molar refractivity (Wildman–Crippen MR) is 77.3 cm³/mol. The summed E-state index contributed by atoms with van der Waals surface area (Å²) in [6.07, 6.45) is 1.45. The van der Waals surface area contributed by atoms with Crippen LogP contribution >= 0.6 is 0 Å². The van der Waals surface area contributed by atoms with Crippen LogP contribution in [0, 0.1) is 0 Å². The van der Waals surface area contributed by atoms with E-state index in [1.807, 2.05) is 0 Å². The molecule has 0 saturated carbocycles. The molecule has 0 saturated heterocycles. The second-order valence-corrected chi connectivity index (χ2v) is 4.47. The molecule has 4 N–H and O–H groups in total. The number of aliphatic carboxylic acids is 1. The fraction of sp³-hybridized carbons (Fsp3) is 0.214. The number of nitrogens with two attached hydrogens (primary N) is 1. The molecule has 1 aromatic carbocycles. The van der Waals surface area contributed by atoms with Crippen molar-refractivity contribution < 1.29 is 19.4 Å². The summed E-state index contributed by atoms with van der Waals surface area (Å²) in [5.74, 6) is -1.17. The third-order valence-corrected chi connectivity index (χ3v) is 3.07. The third-order valence-electron chi connectivity index (χ3n) is 3.07. The van der Waals surface area contributed by atoms with Gasteiger partial charge in [0, 0.05) is 22.7 Å². The Balaban J connectivity index is 2.54. The maximum atomic E-state index is 12.2. The van der Waals surface area contributed by atoms with Gasteiger partial charge in [0.25, 0.3) is 5.91 Å². The molecule has 0 aliphatic rings. The van der Waals surface area contributed by atoms with Crippen LogP contribution in [-0.2, 0) is 4.79 Å². The maximum absolute atomic E-state index is 12.2. The van der Waals surface area contributed by atoms with Crippen LogP contribution in [-0.4, -0.2) is 35.1 Å². The molecular formula is C14H15N3O4. The van der Waals surface area contributed by atoms with E-state index in [4.69, 9.17) is 15.6 Å². The zero-order chi connectivity index (χ0) is 15.6. The first-order valence-corrected chi connectivity index (χ1v) is 6.20. The highest BCUT2D eigenvalue weighted by molar-refractivity contribution is 6.11. The largest absolute Gasteiger partial charge is 0.496 e. The van der Waals surface area contributed by atoms with Crippen molar-refractivity contribution in [2.75, 3.05) is 12.8 Å². The molecule has 7 nitrogen and oxygen atoms in total. The number of carboxylic acids is 1. The number of hydrogen-bond donors (Lipinski definition) is 3. The molecule has 0 fully saturated rings. The van der Waals surface area contributed by atoms with E-state index < -0.39 is 17.9 Å². The highest BCUT2D eigenvalue weighted by atomic mass is 16.5. The molecule has 1 amide bonds. The molecule has 2 aromatic rings. The first kappa shape index (κ1) is 14.6. The minimum atomic E-state index is -1.13. The van der Waals surface area contributed by atoms with Gasteiger partial charge in [0.1, 0.15) is 17.5 Å². The Morgan fingerprint density at radius 2 is 2.10 bits per heavy atom. The molecule has 0 bridgehead atoms. The average Bonchev–Trinajstić information content (AvgIpc) is 2.47. The highest BCUT2D eigenvalue weighted by Crippen LogP contribution is 2.31. The van der Waals surface area contributed by atoms with E-state index in [0.29, 0.717) is 22.2 Å². The van der Waals surface area contributed by atoms with Crippen molar-refractivity contribution in [1.82, 2.24) is 10.3 Å². The summed E-state index contributed by atoms with van der Waals surface area (Å²) in [5.41, 5.74) is 6.35. The molecule has 2 rings (SSSR count). The SMILES string of the molecule is COc1ccc(N)c2c(C(=O)NC(C)C(=O)O)nccc12. The molecule has 1 atom stereocenters. The summed E-state index contributed by atoms with van der Waals surface area (Å²) in [5, 5.41) is 12.3. The van der Waals surface area contributed by atoms with Crippen LogP contribution < -0.4 is 15.8 Å². The number of methoxy groups -OCH3 is 1. The van der Waals surface area contributed by atoms with Crippen LogP contribution in [0.5, 0.6) is 5.75 Å². The Labute approximate surface area is 120 Å². The molecule has 1 aromatic heterocycles. The summed E-state index contributed by atoms with van der Waals surface area (Å²) in [6, 6.07) is 3.96. The first-order valence-electron chi connectivity index (χ1n) is 6.20. The zero-order valence-corrected chi connectivity index (χ0v) is 11.6. The molecule has 21 heavy (non-hydrogen) atoms. The molecule has 1 unspecified atom stereocenters. The number of nitrogen functional groups attached to an aromatic ring is 1. The number of fused-ring (bicyclic) bond motifs is 1. The number of pyridine rings is 1. The summed E-state index contributed by atoms with van der Waals surface area (Å²) >= 11 is 0. The molecule has 0 radical (unpaired) electrons. The van der Waals surface area contributed by atoms with Crippen molar-refractivity contribution in [2.45, 2.75) is 13.0 Å². The van der Waals surface area contributed by atoms with Crippen molar-refractivity contribution in [3.8, 4) is 5.75 Å². The second kappa shape index (κ2) is 5.66. The maximum Gasteiger partial charge on any atom is 0.325 e. The summed E-state index contributed by atoms with van der Waals surface area (Å²) in [4.78, 5) is 27.0. The normalized spacial score (nSPS) is 11.9. The molecule has 0 aliphatic heterocycles. The van der Waals surface area contributed by atoms with Crippen LogP contribution in [0.25, 0.3) is 10.8 Å². The average molecular weight is 289 g/mol. The molecule has 110 valence electrons. The standard InChI is InChI=1S/C14H15N3O4/c1-7(14(19)20)17-13(18)12-11-8(5-6-16-12)10(21-2)4-3-9(11)15/h3-7H,15H2,1-2H3,(H,17,18)(H,19,20). The minimum Gasteiger partial charge on any atom is -0.496 e. The summed E-state index contributed by atoms with van der Waals surface area (Å²) < 4.78 is 5.23. The van der Waals surface area contributed by atoms with Gasteiger partial charge in [-0.25, -0.2) is 0 Å². The van der Waals surface area contributed by atoms with Crippen molar-refractivity contribution in [3.63, 3.8) is 0 Å². The number of hydrogen-bond acceptors (Lipinski definition) is 5. The van der Waals surface area contributed by atoms with Gasteiger partial charge in [-0.1, -0.05) is 0 Å². The van der Waals surface area contributed by atoms with Gasteiger partial charge in [-0.2, -0.15) is 0 Å². The van der Waals surface area contributed by atoms with Gasteiger partial charge in [0.05, 0.1) is 7.11 Å². The van der Waals surface area contributed by atoms with Gasteiger partial charge in [0.2, 0.25) is 0 Å². The van der Waals surface area contributed by atoms with E-state index in [1.54, 1.807) is 18.2 Å². The lowest BCUT2D eigenvalue weighted by molar-refractivity contribution is -0.138. The number of rotatable bonds is 4. The van der Waals surface area contributed by atoms with Gasteiger partial charge < -0.3 is 20.9 Å². The van der Waals surface area contributed by atoms with Gasteiger partial charge in [-0.3, -0.25) is 14.6 Å². The molecule has 7 heteroatoms. The quantitative estimate of drug-likeness (QED) is 0.724. The second-order valence-electron chi connectivity index (χ2n) is 4.47. The van der Waals surface area contributed by atoms with Gasteiger partial charge in [0.15, 0.2) is 0 Å². The smallest absolute Gasteiger partial charge is 0.325 e. The number of ether oxygens (including phenoxy) is 1. The van der Waals surface area contributed by atoms with Crippen LogP contribution in [0.15, 0.2) is 24.4 Å². The number of aromatic nitrogens is 1. The number of benzene rings is 1. The van der Waals surface area contributed by atoms with Crippen LogP contribution in [0.3, 0.4) is 0 Å². The van der Waals surface area contributed by atoms with Crippen LogP contribution in [0.2, 0.25) is 0 Å². The van der Waals surface area contributed by atoms with E-state index >= 15 is 0 Å². The Morgan fingerprint density at radius 3 is 2.71 bits per heavy atom. The van der Waals surface area contributed by atoms with E-state index in [9.17, 15) is 9.59 Å². The number of carbonyl (C=O) groups is 2. The van der Waals surface area contributed by atoms with Crippen molar-refractivity contribution in [1.29, 1.82) is 0 Å². The third kappa shape index (κ3) is 2.71. The minimum absolute atomic E-state index is 0.0667. The number of nitrogens with one attached hydrogen (secondary N) is 1. The number of carboxylic acid groups (broad SMARTS) is 1. The number of amides is 1. The highest BCUT2D eigenvalue weighted by Gasteiger charge is 2.20. The topological polar surface area (TPSA) is 115 Å². The number of carbonyl (C=O) groups excluding carboxylic acids is 1. The number of nitrogens with zero attached hydrogens (tertiary/aromatic N) is 1. The van der Waals surface area contributed by atoms with E-state index in [1.165, 1.54) is 20.2 Å². The number of anilines is 1. The fourth-order valence-electron chi connectivity index (χ4n) is 1.97. The Morgan fingerprint density at radius 1 is 1.38 bits per heavy atom. The summed E-state index contributed by atoms with van der Waals surface area (Å²) in [6.45, 7) is 1.37. The molecule has 0 aliphatic carbocycles. The van der Waals surface area contributed by atoms with Crippen LogP contribution in [0.1, 0.15) is 17.4 Å². The Bertz CT molecular complexity index is 715. The van der Waals surface area contributed by atoms with Gasteiger partial charge in [-0.15, -0.1) is 0 Å². The zero-order valence-electron chi connectivity index (χ0n) is 11.6. The fourth-order valence-corrected chi connectivity index (χ4v) is 1.97. The van der Waals surface area contributed by atoms with Gasteiger partial charge in [-0.05, 0) is 25.1 Å². The Kier molecular flexibility index (Phi) is 3.93. The Hall–Kier alpha value is -2.83. The van der Waals surface area contributed by atoms with Crippen LogP contribution in [0.4, 0.5) is 5.69 Å².